The minimum Gasteiger partial charge on any atom is -0.341 e. The zero-order chi connectivity index (χ0) is 21.2. The Morgan fingerprint density at radius 1 is 1.07 bits per heavy atom. The number of nitrogens with zero attached hydrogens (tertiary/aromatic N) is 3. The summed E-state index contributed by atoms with van der Waals surface area (Å²) in [5.41, 5.74) is 0.409. The highest BCUT2D eigenvalue weighted by atomic mass is 16.2. The molecule has 166 valence electrons. The van der Waals surface area contributed by atoms with E-state index >= 15 is 0 Å². The molecule has 3 rings (SSSR count). The summed E-state index contributed by atoms with van der Waals surface area (Å²) >= 11 is 0. The molecule has 3 saturated heterocycles. The molecule has 6 heteroatoms. The number of rotatable bonds is 6. The average Bonchev–Trinajstić information content (AvgIpc) is 3.01. The van der Waals surface area contributed by atoms with E-state index in [-0.39, 0.29) is 23.9 Å². The standard InChI is InChI=1S/C23H42N4O2/c1-17(2)14-19-21(28)27(13-9-24-19)20(15-18(3)4)22(29)26-11-7-23(8-12-26)6-10-25(5)16-23/h17-20,24H,6-16H2,1-5H3/t19-,20-/m0/s1. The first kappa shape index (κ1) is 22.5. The van der Waals surface area contributed by atoms with Gasteiger partial charge in [-0.2, -0.15) is 0 Å². The fraction of sp³-hybridized carbons (Fsp3) is 0.913. The van der Waals surface area contributed by atoms with Gasteiger partial charge in [-0.15, -0.1) is 0 Å². The molecule has 0 radical (unpaired) electrons. The van der Waals surface area contributed by atoms with Gasteiger partial charge in [0.25, 0.3) is 0 Å². The third kappa shape index (κ3) is 5.32. The number of nitrogens with one attached hydrogen (secondary N) is 1. The van der Waals surface area contributed by atoms with Gasteiger partial charge >= 0.3 is 0 Å². The van der Waals surface area contributed by atoms with Crippen LogP contribution < -0.4 is 5.32 Å². The van der Waals surface area contributed by atoms with Crippen LogP contribution in [0.4, 0.5) is 0 Å². The van der Waals surface area contributed by atoms with Crippen molar-refractivity contribution in [2.75, 3.05) is 46.3 Å². The van der Waals surface area contributed by atoms with Gasteiger partial charge in [-0.3, -0.25) is 9.59 Å². The van der Waals surface area contributed by atoms with Gasteiger partial charge in [-0.25, -0.2) is 0 Å². The monoisotopic (exact) mass is 406 g/mol. The van der Waals surface area contributed by atoms with Crippen molar-refractivity contribution in [1.82, 2.24) is 20.0 Å². The second-order valence-corrected chi connectivity index (χ2v) is 10.6. The highest BCUT2D eigenvalue weighted by molar-refractivity contribution is 5.90. The summed E-state index contributed by atoms with van der Waals surface area (Å²) in [5, 5.41) is 3.37. The van der Waals surface area contributed by atoms with E-state index in [2.05, 4.69) is 49.9 Å². The van der Waals surface area contributed by atoms with E-state index in [1.54, 1.807) is 0 Å². The molecule has 0 unspecified atom stereocenters. The van der Waals surface area contributed by atoms with E-state index in [9.17, 15) is 9.59 Å². The first-order valence-corrected chi connectivity index (χ1v) is 11.7. The highest BCUT2D eigenvalue weighted by Gasteiger charge is 2.43. The molecule has 1 N–H and O–H groups in total. The summed E-state index contributed by atoms with van der Waals surface area (Å²) < 4.78 is 0. The molecule has 3 heterocycles. The van der Waals surface area contributed by atoms with Crippen molar-refractivity contribution in [3.8, 4) is 0 Å². The predicted molar refractivity (Wildman–Crippen MR) is 117 cm³/mol. The number of hydrogen-bond acceptors (Lipinski definition) is 4. The molecule has 0 aromatic rings. The van der Waals surface area contributed by atoms with E-state index in [4.69, 9.17) is 0 Å². The van der Waals surface area contributed by atoms with Gasteiger partial charge in [0.05, 0.1) is 6.04 Å². The van der Waals surface area contributed by atoms with Gasteiger partial charge < -0.3 is 20.0 Å². The van der Waals surface area contributed by atoms with Crippen LogP contribution in [-0.4, -0.2) is 84.9 Å². The van der Waals surface area contributed by atoms with E-state index < -0.39 is 0 Å². The average molecular weight is 407 g/mol. The number of piperidine rings is 1. The molecular weight excluding hydrogens is 364 g/mol. The van der Waals surface area contributed by atoms with Crippen LogP contribution in [0.3, 0.4) is 0 Å². The number of carbonyl (C=O) groups is 2. The van der Waals surface area contributed by atoms with Crippen molar-refractivity contribution < 1.29 is 9.59 Å². The fourth-order valence-electron chi connectivity index (χ4n) is 5.51. The zero-order valence-electron chi connectivity index (χ0n) is 19.2. The van der Waals surface area contributed by atoms with Gasteiger partial charge in [0.2, 0.25) is 11.8 Å². The Hall–Kier alpha value is -1.14. The van der Waals surface area contributed by atoms with Crippen molar-refractivity contribution in [1.29, 1.82) is 0 Å². The molecule has 3 aliphatic rings. The maximum atomic E-state index is 13.6. The number of piperazine rings is 1. The Labute approximate surface area is 177 Å². The number of carbonyl (C=O) groups excluding carboxylic acids is 2. The lowest BCUT2D eigenvalue weighted by molar-refractivity contribution is -0.151. The van der Waals surface area contributed by atoms with E-state index in [0.29, 0.717) is 23.8 Å². The van der Waals surface area contributed by atoms with Crippen LogP contribution in [0.1, 0.15) is 59.8 Å². The molecule has 0 bridgehead atoms. The van der Waals surface area contributed by atoms with Gasteiger partial charge in [-0.05, 0) is 62.9 Å². The quantitative estimate of drug-likeness (QED) is 0.735. The molecule has 29 heavy (non-hydrogen) atoms. The van der Waals surface area contributed by atoms with E-state index in [1.165, 1.54) is 13.0 Å². The van der Waals surface area contributed by atoms with Crippen LogP contribution in [0.5, 0.6) is 0 Å². The maximum Gasteiger partial charge on any atom is 0.245 e. The minimum absolute atomic E-state index is 0.120. The normalized spacial score (nSPS) is 26.7. The lowest BCUT2D eigenvalue weighted by Crippen LogP contribution is -2.62. The smallest absolute Gasteiger partial charge is 0.245 e. The molecule has 1 spiro atoms. The summed E-state index contributed by atoms with van der Waals surface area (Å²) in [4.78, 5) is 33.2. The van der Waals surface area contributed by atoms with Crippen molar-refractivity contribution in [3.63, 3.8) is 0 Å². The lowest BCUT2D eigenvalue weighted by atomic mass is 9.77. The Morgan fingerprint density at radius 2 is 1.72 bits per heavy atom. The number of hydrogen-bond donors (Lipinski definition) is 1. The van der Waals surface area contributed by atoms with Crippen molar-refractivity contribution in [3.05, 3.63) is 0 Å². The van der Waals surface area contributed by atoms with Gasteiger partial charge in [0.1, 0.15) is 6.04 Å². The van der Waals surface area contributed by atoms with Crippen molar-refractivity contribution in [2.24, 2.45) is 17.3 Å². The molecule has 2 amide bonds. The Morgan fingerprint density at radius 3 is 2.28 bits per heavy atom. The van der Waals surface area contributed by atoms with Crippen LogP contribution in [0.15, 0.2) is 0 Å². The molecule has 3 aliphatic heterocycles. The van der Waals surface area contributed by atoms with Gasteiger partial charge in [0, 0.05) is 32.7 Å². The van der Waals surface area contributed by atoms with Crippen LogP contribution in [0.25, 0.3) is 0 Å². The SMILES string of the molecule is CC(C)C[C@@H]1NCCN([C@@H](CC(C)C)C(=O)N2CCC3(CCN(C)C3)CC2)C1=O. The number of likely N-dealkylation sites (tertiary alicyclic amines) is 2. The topological polar surface area (TPSA) is 55.9 Å². The summed E-state index contributed by atoms with van der Waals surface area (Å²) in [5.74, 6) is 1.14. The zero-order valence-corrected chi connectivity index (χ0v) is 19.2. The highest BCUT2D eigenvalue weighted by Crippen LogP contribution is 2.40. The summed E-state index contributed by atoms with van der Waals surface area (Å²) in [7, 11) is 2.20. The first-order valence-electron chi connectivity index (χ1n) is 11.7. The molecule has 2 atom stereocenters. The number of amides is 2. The third-order valence-electron chi connectivity index (χ3n) is 7.15. The summed E-state index contributed by atoms with van der Waals surface area (Å²) in [6.45, 7) is 14.0. The lowest BCUT2D eigenvalue weighted by Gasteiger charge is -2.44. The maximum absolute atomic E-state index is 13.6. The Kier molecular flexibility index (Phi) is 7.26. The predicted octanol–water partition coefficient (Wildman–Crippen LogP) is 2.19. The Bertz CT molecular complexity index is 583. The first-order chi connectivity index (χ1) is 13.7. The summed E-state index contributed by atoms with van der Waals surface area (Å²) in [6, 6.07) is -0.454. The van der Waals surface area contributed by atoms with Crippen LogP contribution >= 0.6 is 0 Å². The van der Waals surface area contributed by atoms with E-state index in [0.717, 1.165) is 51.9 Å². The van der Waals surface area contributed by atoms with Crippen LogP contribution in [-0.2, 0) is 9.59 Å². The van der Waals surface area contributed by atoms with Gasteiger partial charge in [0.15, 0.2) is 0 Å². The van der Waals surface area contributed by atoms with Crippen LogP contribution in [0.2, 0.25) is 0 Å². The second kappa shape index (κ2) is 9.34. The van der Waals surface area contributed by atoms with Gasteiger partial charge in [-0.1, -0.05) is 27.7 Å². The third-order valence-corrected chi connectivity index (χ3v) is 7.15. The second-order valence-electron chi connectivity index (χ2n) is 10.6. The molecule has 0 saturated carbocycles. The fourth-order valence-corrected chi connectivity index (χ4v) is 5.51. The van der Waals surface area contributed by atoms with Crippen LogP contribution in [0, 0.1) is 17.3 Å². The molecule has 3 fully saturated rings. The molecule has 0 aromatic heterocycles. The molecule has 6 nitrogen and oxygen atoms in total. The summed E-state index contributed by atoms with van der Waals surface area (Å²) in [6.07, 6.45) is 5.04. The van der Waals surface area contributed by atoms with E-state index in [1.807, 2.05) is 4.90 Å². The molecule has 0 aliphatic carbocycles. The Balaban J connectivity index is 1.68. The largest absolute Gasteiger partial charge is 0.341 e. The van der Waals surface area contributed by atoms with Crippen molar-refractivity contribution >= 4 is 11.8 Å². The molecular formula is C23H42N4O2. The minimum atomic E-state index is -0.306. The van der Waals surface area contributed by atoms with Crippen molar-refractivity contribution in [2.45, 2.75) is 71.9 Å². The molecule has 0 aromatic carbocycles.